The average molecular weight is 439 g/mol. The fraction of sp³-hybridized carbons (Fsp3) is 0.421. The van der Waals surface area contributed by atoms with Gasteiger partial charge in [-0.15, -0.1) is 24.0 Å². The topological polar surface area (TPSA) is 40.8 Å². The summed E-state index contributed by atoms with van der Waals surface area (Å²) in [5, 5.41) is 3.40. The SMILES string of the molecule is CN=C(NCc1ccco1)N1CCC(c2ccccc2)C(C)C1.I. The predicted molar refractivity (Wildman–Crippen MR) is 109 cm³/mol. The monoisotopic (exact) mass is 439 g/mol. The Kier molecular flexibility index (Phi) is 7.15. The lowest BCUT2D eigenvalue weighted by atomic mass is 9.82. The van der Waals surface area contributed by atoms with Crippen molar-refractivity contribution in [1.82, 2.24) is 10.2 Å². The highest BCUT2D eigenvalue weighted by Gasteiger charge is 2.28. The van der Waals surface area contributed by atoms with Crippen molar-refractivity contribution < 1.29 is 4.42 Å². The molecule has 0 radical (unpaired) electrons. The number of guanidine groups is 1. The van der Waals surface area contributed by atoms with Gasteiger partial charge in [-0.05, 0) is 36.0 Å². The Morgan fingerprint density at radius 1 is 1.25 bits per heavy atom. The van der Waals surface area contributed by atoms with Crippen LogP contribution in [0.4, 0.5) is 0 Å². The fourth-order valence-electron chi connectivity index (χ4n) is 3.45. The van der Waals surface area contributed by atoms with E-state index >= 15 is 0 Å². The van der Waals surface area contributed by atoms with Crippen LogP contribution in [0.3, 0.4) is 0 Å². The van der Waals surface area contributed by atoms with E-state index in [-0.39, 0.29) is 24.0 Å². The first-order valence-corrected chi connectivity index (χ1v) is 8.31. The van der Waals surface area contributed by atoms with E-state index in [1.165, 1.54) is 5.56 Å². The lowest BCUT2D eigenvalue weighted by molar-refractivity contribution is 0.234. The summed E-state index contributed by atoms with van der Waals surface area (Å²) in [5.74, 6) is 3.13. The molecule has 0 amide bonds. The van der Waals surface area contributed by atoms with Gasteiger partial charge in [-0.1, -0.05) is 37.3 Å². The molecule has 24 heavy (non-hydrogen) atoms. The second-order valence-electron chi connectivity index (χ2n) is 6.21. The molecule has 0 aliphatic carbocycles. The van der Waals surface area contributed by atoms with E-state index in [0.29, 0.717) is 18.4 Å². The highest BCUT2D eigenvalue weighted by molar-refractivity contribution is 14.0. The molecule has 2 unspecified atom stereocenters. The van der Waals surface area contributed by atoms with E-state index in [1.54, 1.807) is 6.26 Å². The number of aliphatic imine (C=N–C) groups is 1. The number of likely N-dealkylation sites (tertiary alicyclic amines) is 1. The Labute approximate surface area is 161 Å². The molecule has 1 aromatic carbocycles. The van der Waals surface area contributed by atoms with Crippen LogP contribution in [0.2, 0.25) is 0 Å². The molecule has 2 aromatic rings. The lowest BCUT2D eigenvalue weighted by Gasteiger charge is -2.38. The molecule has 1 N–H and O–H groups in total. The third-order valence-electron chi connectivity index (χ3n) is 4.65. The molecule has 1 aliphatic rings. The maximum absolute atomic E-state index is 5.38. The summed E-state index contributed by atoms with van der Waals surface area (Å²) in [7, 11) is 1.85. The maximum Gasteiger partial charge on any atom is 0.194 e. The van der Waals surface area contributed by atoms with E-state index in [9.17, 15) is 0 Å². The van der Waals surface area contributed by atoms with Gasteiger partial charge < -0.3 is 14.6 Å². The molecule has 0 saturated carbocycles. The molecule has 130 valence electrons. The van der Waals surface area contributed by atoms with Crippen LogP contribution in [0.15, 0.2) is 58.1 Å². The highest BCUT2D eigenvalue weighted by Crippen LogP contribution is 2.32. The second-order valence-corrected chi connectivity index (χ2v) is 6.21. The number of hydrogen-bond donors (Lipinski definition) is 1. The van der Waals surface area contributed by atoms with Crippen molar-refractivity contribution in [2.24, 2.45) is 10.9 Å². The van der Waals surface area contributed by atoms with Gasteiger partial charge in [0.2, 0.25) is 0 Å². The van der Waals surface area contributed by atoms with E-state index in [4.69, 9.17) is 4.42 Å². The molecule has 1 fully saturated rings. The van der Waals surface area contributed by atoms with Crippen molar-refractivity contribution in [1.29, 1.82) is 0 Å². The van der Waals surface area contributed by atoms with Crippen molar-refractivity contribution in [3.8, 4) is 0 Å². The Bertz CT molecular complexity index is 627. The van der Waals surface area contributed by atoms with Crippen molar-refractivity contribution in [3.05, 3.63) is 60.1 Å². The number of nitrogens with zero attached hydrogens (tertiary/aromatic N) is 2. The van der Waals surface area contributed by atoms with Crippen LogP contribution in [0, 0.1) is 5.92 Å². The van der Waals surface area contributed by atoms with Crippen molar-refractivity contribution in [2.75, 3.05) is 20.1 Å². The summed E-state index contributed by atoms with van der Waals surface area (Å²) in [5.41, 5.74) is 1.46. The Hall–Kier alpha value is -1.50. The molecule has 1 saturated heterocycles. The number of nitrogens with one attached hydrogen (secondary N) is 1. The zero-order valence-electron chi connectivity index (χ0n) is 14.3. The Morgan fingerprint density at radius 3 is 2.67 bits per heavy atom. The van der Waals surface area contributed by atoms with E-state index < -0.39 is 0 Å². The van der Waals surface area contributed by atoms with Gasteiger partial charge in [-0.3, -0.25) is 4.99 Å². The van der Waals surface area contributed by atoms with Crippen LogP contribution in [0.5, 0.6) is 0 Å². The van der Waals surface area contributed by atoms with E-state index in [0.717, 1.165) is 31.2 Å². The number of benzene rings is 1. The maximum atomic E-state index is 5.38. The quantitative estimate of drug-likeness (QED) is 0.445. The van der Waals surface area contributed by atoms with Crippen LogP contribution in [-0.4, -0.2) is 31.0 Å². The first kappa shape index (κ1) is 18.8. The smallest absolute Gasteiger partial charge is 0.194 e. The molecular formula is C19H26IN3O. The third kappa shape index (κ3) is 4.53. The summed E-state index contributed by atoms with van der Waals surface area (Å²) in [6.07, 6.45) is 2.86. The van der Waals surface area contributed by atoms with Gasteiger partial charge in [0.1, 0.15) is 5.76 Å². The lowest BCUT2D eigenvalue weighted by Crippen LogP contribution is -2.47. The number of halogens is 1. The van der Waals surface area contributed by atoms with Gasteiger partial charge in [0.15, 0.2) is 5.96 Å². The summed E-state index contributed by atoms with van der Waals surface area (Å²) >= 11 is 0. The molecule has 0 bridgehead atoms. The molecule has 5 heteroatoms. The molecule has 3 rings (SSSR count). The molecule has 2 heterocycles. The molecule has 1 aliphatic heterocycles. The third-order valence-corrected chi connectivity index (χ3v) is 4.65. The van der Waals surface area contributed by atoms with Gasteiger partial charge in [0.25, 0.3) is 0 Å². The number of rotatable bonds is 3. The van der Waals surface area contributed by atoms with Gasteiger partial charge in [-0.2, -0.15) is 0 Å². The summed E-state index contributed by atoms with van der Waals surface area (Å²) in [6.45, 7) is 5.06. The normalized spacial score (nSPS) is 21.2. The first-order valence-electron chi connectivity index (χ1n) is 8.31. The average Bonchev–Trinajstić information content (AvgIpc) is 3.10. The van der Waals surface area contributed by atoms with Gasteiger partial charge in [0, 0.05) is 20.1 Å². The minimum atomic E-state index is 0. The van der Waals surface area contributed by atoms with Gasteiger partial charge in [-0.25, -0.2) is 0 Å². The Balaban J connectivity index is 0.00000208. The Morgan fingerprint density at radius 2 is 2.04 bits per heavy atom. The number of piperidine rings is 1. The molecule has 4 nitrogen and oxygen atoms in total. The molecule has 1 aromatic heterocycles. The number of furan rings is 1. The van der Waals surface area contributed by atoms with Gasteiger partial charge >= 0.3 is 0 Å². The van der Waals surface area contributed by atoms with Crippen molar-refractivity contribution in [3.63, 3.8) is 0 Å². The first-order chi connectivity index (χ1) is 11.3. The highest BCUT2D eigenvalue weighted by atomic mass is 127. The summed E-state index contributed by atoms with van der Waals surface area (Å²) in [6, 6.07) is 14.7. The summed E-state index contributed by atoms with van der Waals surface area (Å²) < 4.78 is 5.38. The second kappa shape index (κ2) is 9.11. The zero-order chi connectivity index (χ0) is 16.1. The van der Waals surface area contributed by atoms with Crippen LogP contribution >= 0.6 is 24.0 Å². The van der Waals surface area contributed by atoms with Crippen LogP contribution in [0.1, 0.15) is 30.6 Å². The van der Waals surface area contributed by atoms with Crippen LogP contribution in [-0.2, 0) is 6.54 Å². The van der Waals surface area contributed by atoms with E-state index in [2.05, 4.69) is 52.5 Å². The molecule has 0 spiro atoms. The molecular weight excluding hydrogens is 413 g/mol. The standard InChI is InChI=1S/C19H25N3O.HI/c1-15-14-22(11-10-18(15)16-7-4-3-5-8-16)19(20-2)21-13-17-9-6-12-23-17;/h3-9,12,15,18H,10-11,13-14H2,1-2H3,(H,20,21);1H. The largest absolute Gasteiger partial charge is 0.467 e. The minimum absolute atomic E-state index is 0. The van der Waals surface area contributed by atoms with Gasteiger partial charge in [0.05, 0.1) is 12.8 Å². The zero-order valence-corrected chi connectivity index (χ0v) is 16.6. The fourth-order valence-corrected chi connectivity index (χ4v) is 3.45. The predicted octanol–water partition coefficient (Wildman–Crippen LogP) is 4.10. The minimum Gasteiger partial charge on any atom is -0.467 e. The van der Waals surface area contributed by atoms with Crippen molar-refractivity contribution >= 4 is 29.9 Å². The van der Waals surface area contributed by atoms with Crippen LogP contribution < -0.4 is 5.32 Å². The summed E-state index contributed by atoms with van der Waals surface area (Å²) in [4.78, 5) is 6.79. The van der Waals surface area contributed by atoms with Crippen LogP contribution in [0.25, 0.3) is 0 Å². The van der Waals surface area contributed by atoms with E-state index in [1.807, 2.05) is 19.2 Å². The number of hydrogen-bond acceptors (Lipinski definition) is 2. The van der Waals surface area contributed by atoms with Crippen molar-refractivity contribution in [2.45, 2.75) is 25.8 Å². The molecule has 2 atom stereocenters.